The van der Waals surface area contributed by atoms with E-state index >= 15 is 0 Å². The molecule has 1 fully saturated rings. The minimum Gasteiger partial charge on any atom is -0.481 e. The lowest BCUT2D eigenvalue weighted by Gasteiger charge is -2.42. The molecule has 1 saturated carbocycles. The number of aliphatic carboxylic acids is 1. The van der Waals surface area contributed by atoms with Crippen molar-refractivity contribution in [2.24, 2.45) is 11.8 Å². The second kappa shape index (κ2) is 6.21. The van der Waals surface area contributed by atoms with Crippen LogP contribution >= 0.6 is 0 Å². The van der Waals surface area contributed by atoms with E-state index in [1.54, 1.807) is 0 Å². The van der Waals surface area contributed by atoms with Crippen LogP contribution in [0.4, 0.5) is 0 Å². The Balaban J connectivity index is 2.63. The van der Waals surface area contributed by atoms with Gasteiger partial charge in [-0.15, -0.1) is 0 Å². The van der Waals surface area contributed by atoms with Crippen molar-refractivity contribution in [3.8, 4) is 0 Å². The van der Waals surface area contributed by atoms with Gasteiger partial charge >= 0.3 is 5.97 Å². The molecule has 0 radical (unpaired) electrons. The fraction of sp³-hybridized carbons (Fsp3) is 0.857. The maximum Gasteiger partial charge on any atom is 0.305 e. The van der Waals surface area contributed by atoms with Gasteiger partial charge in [-0.2, -0.15) is 0 Å². The number of nitrogens with one attached hydrogen (secondary N) is 1. The average Bonchev–Trinajstić information content (AvgIpc) is 2.21. The largest absolute Gasteiger partial charge is 0.481 e. The van der Waals surface area contributed by atoms with Crippen LogP contribution in [0.15, 0.2) is 0 Å². The van der Waals surface area contributed by atoms with Crippen LogP contribution in [0.3, 0.4) is 0 Å². The minimum absolute atomic E-state index is 0.00118. The topological polar surface area (TPSA) is 66.4 Å². The molecule has 104 valence electrons. The van der Waals surface area contributed by atoms with Gasteiger partial charge in [0, 0.05) is 5.92 Å². The van der Waals surface area contributed by atoms with E-state index in [4.69, 9.17) is 5.11 Å². The molecule has 1 unspecified atom stereocenters. The summed E-state index contributed by atoms with van der Waals surface area (Å²) in [4.78, 5) is 23.1. The van der Waals surface area contributed by atoms with Crippen LogP contribution < -0.4 is 5.32 Å². The fourth-order valence-electron chi connectivity index (χ4n) is 2.67. The Bertz CT molecular complexity index is 308. The van der Waals surface area contributed by atoms with E-state index in [0.29, 0.717) is 5.92 Å². The quantitative estimate of drug-likeness (QED) is 0.734. The van der Waals surface area contributed by atoms with Crippen molar-refractivity contribution in [3.63, 3.8) is 0 Å². The molecule has 18 heavy (non-hydrogen) atoms. The summed E-state index contributed by atoms with van der Waals surface area (Å²) in [7, 11) is 0. The summed E-state index contributed by atoms with van der Waals surface area (Å²) in [6, 6.07) is 0. The van der Waals surface area contributed by atoms with Gasteiger partial charge in [0.1, 0.15) is 0 Å². The molecule has 0 spiro atoms. The predicted molar refractivity (Wildman–Crippen MR) is 70.2 cm³/mol. The van der Waals surface area contributed by atoms with Gasteiger partial charge < -0.3 is 10.4 Å². The van der Waals surface area contributed by atoms with Crippen LogP contribution in [0.5, 0.6) is 0 Å². The molecule has 0 bridgehead atoms. The smallest absolute Gasteiger partial charge is 0.305 e. The molecule has 0 aromatic heterocycles. The van der Waals surface area contributed by atoms with Crippen molar-refractivity contribution in [1.29, 1.82) is 0 Å². The Morgan fingerprint density at radius 2 is 1.94 bits per heavy atom. The van der Waals surface area contributed by atoms with E-state index in [-0.39, 0.29) is 18.2 Å². The van der Waals surface area contributed by atoms with Crippen LogP contribution in [0.1, 0.15) is 59.3 Å². The molecule has 2 N–H and O–H groups in total. The zero-order valence-electron chi connectivity index (χ0n) is 11.7. The highest BCUT2D eigenvalue weighted by Crippen LogP contribution is 2.35. The normalized spacial score (nSPS) is 19.1. The van der Waals surface area contributed by atoms with Gasteiger partial charge in [0.25, 0.3) is 0 Å². The van der Waals surface area contributed by atoms with Crippen LogP contribution in [0.25, 0.3) is 0 Å². The highest BCUT2D eigenvalue weighted by Gasteiger charge is 2.41. The lowest BCUT2D eigenvalue weighted by Crippen LogP contribution is -2.56. The van der Waals surface area contributed by atoms with Gasteiger partial charge in [0.15, 0.2) is 0 Å². The fourth-order valence-corrected chi connectivity index (χ4v) is 2.67. The first-order valence-corrected chi connectivity index (χ1v) is 6.94. The second-order valence-electron chi connectivity index (χ2n) is 5.83. The number of rotatable bonds is 7. The molecule has 4 heteroatoms. The number of carbonyl (C=O) groups excluding carboxylic acids is 1. The molecule has 0 heterocycles. The van der Waals surface area contributed by atoms with E-state index in [0.717, 1.165) is 32.1 Å². The molecule has 1 rings (SSSR count). The molecular formula is C14H25NO3. The SMILES string of the molecule is CCCC(C(=O)NC1(CC(=O)O)CCC1)C(C)C. The number of carbonyl (C=O) groups is 2. The third-order valence-electron chi connectivity index (χ3n) is 3.93. The predicted octanol–water partition coefficient (Wildman–Crippen LogP) is 2.57. The molecule has 4 nitrogen and oxygen atoms in total. The van der Waals surface area contributed by atoms with Crippen LogP contribution in [-0.4, -0.2) is 22.5 Å². The van der Waals surface area contributed by atoms with Crippen molar-refractivity contribution in [1.82, 2.24) is 5.32 Å². The first-order chi connectivity index (χ1) is 8.40. The van der Waals surface area contributed by atoms with Crippen molar-refractivity contribution in [3.05, 3.63) is 0 Å². The summed E-state index contributed by atoms with van der Waals surface area (Å²) in [5, 5.41) is 11.9. The molecule has 0 aromatic carbocycles. The zero-order valence-corrected chi connectivity index (χ0v) is 11.7. The third kappa shape index (κ3) is 3.72. The molecule has 0 aliphatic heterocycles. The van der Waals surface area contributed by atoms with E-state index in [9.17, 15) is 9.59 Å². The third-order valence-corrected chi connectivity index (χ3v) is 3.93. The van der Waals surface area contributed by atoms with Crippen LogP contribution in [-0.2, 0) is 9.59 Å². The summed E-state index contributed by atoms with van der Waals surface area (Å²) in [6.07, 6.45) is 4.49. The van der Waals surface area contributed by atoms with Gasteiger partial charge in [-0.3, -0.25) is 9.59 Å². The number of hydrogen-bond acceptors (Lipinski definition) is 2. The Morgan fingerprint density at radius 1 is 1.33 bits per heavy atom. The lowest BCUT2D eigenvalue weighted by atomic mass is 9.73. The highest BCUT2D eigenvalue weighted by atomic mass is 16.4. The summed E-state index contributed by atoms with van der Waals surface area (Å²) < 4.78 is 0. The Morgan fingerprint density at radius 3 is 2.28 bits per heavy atom. The standard InChI is InChI=1S/C14H25NO3/c1-4-6-11(10(2)3)13(18)15-14(7-5-8-14)9-12(16)17/h10-11H,4-9H2,1-3H3,(H,15,18)(H,16,17). The minimum atomic E-state index is -0.827. The summed E-state index contributed by atoms with van der Waals surface area (Å²) >= 11 is 0. The monoisotopic (exact) mass is 255 g/mol. The van der Waals surface area contributed by atoms with Crippen molar-refractivity contribution >= 4 is 11.9 Å². The van der Waals surface area contributed by atoms with Crippen molar-refractivity contribution < 1.29 is 14.7 Å². The van der Waals surface area contributed by atoms with Gasteiger partial charge in [0.2, 0.25) is 5.91 Å². The Kier molecular flexibility index (Phi) is 5.17. The van der Waals surface area contributed by atoms with Gasteiger partial charge in [0.05, 0.1) is 12.0 Å². The van der Waals surface area contributed by atoms with E-state index < -0.39 is 11.5 Å². The molecule has 1 amide bonds. The van der Waals surface area contributed by atoms with Crippen LogP contribution in [0.2, 0.25) is 0 Å². The van der Waals surface area contributed by atoms with E-state index in [2.05, 4.69) is 12.2 Å². The molecule has 0 aromatic rings. The Hall–Kier alpha value is -1.06. The van der Waals surface area contributed by atoms with Crippen LogP contribution in [0, 0.1) is 11.8 Å². The maximum absolute atomic E-state index is 12.3. The number of hydrogen-bond donors (Lipinski definition) is 2. The van der Waals surface area contributed by atoms with Gasteiger partial charge in [-0.05, 0) is 31.6 Å². The van der Waals surface area contributed by atoms with E-state index in [1.807, 2.05) is 13.8 Å². The maximum atomic E-state index is 12.3. The molecule has 1 atom stereocenters. The van der Waals surface area contributed by atoms with Crippen molar-refractivity contribution in [2.75, 3.05) is 0 Å². The van der Waals surface area contributed by atoms with Crippen molar-refractivity contribution in [2.45, 2.75) is 64.8 Å². The number of carboxylic acid groups (broad SMARTS) is 1. The molecule has 1 aliphatic rings. The lowest BCUT2D eigenvalue weighted by molar-refractivity contribution is -0.141. The van der Waals surface area contributed by atoms with Gasteiger partial charge in [-0.25, -0.2) is 0 Å². The van der Waals surface area contributed by atoms with Gasteiger partial charge in [-0.1, -0.05) is 27.2 Å². The summed E-state index contributed by atoms with van der Waals surface area (Å²) in [5.74, 6) is -0.493. The first-order valence-electron chi connectivity index (χ1n) is 6.94. The number of amides is 1. The molecular weight excluding hydrogens is 230 g/mol. The average molecular weight is 255 g/mol. The highest BCUT2D eigenvalue weighted by molar-refractivity contribution is 5.81. The zero-order chi connectivity index (χ0) is 13.8. The Labute approximate surface area is 109 Å². The van der Waals surface area contributed by atoms with E-state index in [1.165, 1.54) is 0 Å². The summed E-state index contributed by atoms with van der Waals surface area (Å²) in [6.45, 7) is 6.16. The molecule has 1 aliphatic carbocycles. The second-order valence-corrected chi connectivity index (χ2v) is 5.83. The number of carboxylic acids is 1. The molecule has 0 saturated heterocycles. The first kappa shape index (κ1) is 15.0. The summed E-state index contributed by atoms with van der Waals surface area (Å²) in [5.41, 5.74) is -0.468.